The van der Waals surface area contributed by atoms with Crippen LogP contribution in [0, 0.1) is 5.82 Å². The van der Waals surface area contributed by atoms with Crippen molar-refractivity contribution in [2.75, 3.05) is 7.05 Å². The van der Waals surface area contributed by atoms with Crippen LogP contribution in [-0.2, 0) is 6.54 Å². The molecule has 17 heavy (non-hydrogen) atoms. The predicted molar refractivity (Wildman–Crippen MR) is 63.5 cm³/mol. The molecule has 0 aliphatic heterocycles. The first kappa shape index (κ1) is 11.5. The van der Waals surface area contributed by atoms with Gasteiger partial charge in [-0.1, -0.05) is 0 Å². The summed E-state index contributed by atoms with van der Waals surface area (Å²) in [6.45, 7) is 0.681. The molecule has 1 aromatic heterocycles. The van der Waals surface area contributed by atoms with Crippen molar-refractivity contribution in [2.24, 2.45) is 0 Å². The Kier molecular flexibility index (Phi) is 3.67. The second kappa shape index (κ2) is 5.41. The molecule has 2 aromatic rings. The Hall–Kier alpha value is -1.94. The van der Waals surface area contributed by atoms with Gasteiger partial charge in [-0.05, 0) is 37.4 Å². The van der Waals surface area contributed by atoms with Crippen LogP contribution in [0.5, 0.6) is 11.5 Å². The highest BCUT2D eigenvalue weighted by Gasteiger charge is 2.00. The van der Waals surface area contributed by atoms with Crippen LogP contribution in [0.15, 0.2) is 42.6 Å². The van der Waals surface area contributed by atoms with E-state index in [9.17, 15) is 4.39 Å². The molecule has 2 rings (SSSR count). The van der Waals surface area contributed by atoms with Crippen molar-refractivity contribution in [1.29, 1.82) is 0 Å². The quantitative estimate of drug-likeness (QED) is 0.880. The molecule has 0 aliphatic carbocycles. The maximum absolute atomic E-state index is 12.7. The number of nitrogens with zero attached hydrogens (tertiary/aromatic N) is 1. The van der Waals surface area contributed by atoms with Crippen LogP contribution in [0.1, 0.15) is 5.69 Å². The predicted octanol–water partition coefficient (Wildman–Crippen LogP) is 2.73. The minimum atomic E-state index is -0.275. The zero-order valence-corrected chi connectivity index (χ0v) is 9.48. The summed E-state index contributed by atoms with van der Waals surface area (Å²) in [5, 5.41) is 3.01. The molecule has 0 aliphatic rings. The zero-order valence-electron chi connectivity index (χ0n) is 9.48. The highest BCUT2D eigenvalue weighted by molar-refractivity contribution is 5.31. The molecule has 0 unspecified atom stereocenters. The second-order valence-corrected chi connectivity index (χ2v) is 3.57. The van der Waals surface area contributed by atoms with Gasteiger partial charge in [0, 0.05) is 18.8 Å². The number of pyridine rings is 1. The molecule has 0 saturated heterocycles. The van der Waals surface area contributed by atoms with Gasteiger partial charge < -0.3 is 10.1 Å². The maximum atomic E-state index is 12.7. The van der Waals surface area contributed by atoms with Gasteiger partial charge in [0.15, 0.2) is 0 Å². The molecular weight excluding hydrogens is 219 g/mol. The van der Waals surface area contributed by atoms with Crippen LogP contribution in [0.3, 0.4) is 0 Å². The standard InChI is InChI=1S/C13H13FN2O/c1-15-9-11-8-13(6-7-16-11)17-12-4-2-10(14)3-5-12/h2-8,15H,9H2,1H3. The van der Waals surface area contributed by atoms with Crippen molar-refractivity contribution in [3.63, 3.8) is 0 Å². The van der Waals surface area contributed by atoms with E-state index >= 15 is 0 Å². The van der Waals surface area contributed by atoms with Gasteiger partial charge in [-0.2, -0.15) is 0 Å². The number of hydrogen-bond donors (Lipinski definition) is 1. The molecule has 1 aromatic carbocycles. The van der Waals surface area contributed by atoms with E-state index in [-0.39, 0.29) is 5.82 Å². The first-order chi connectivity index (χ1) is 8.28. The average molecular weight is 232 g/mol. The third-order valence-corrected chi connectivity index (χ3v) is 2.20. The van der Waals surface area contributed by atoms with Crippen LogP contribution < -0.4 is 10.1 Å². The van der Waals surface area contributed by atoms with Crippen LogP contribution >= 0.6 is 0 Å². The van der Waals surface area contributed by atoms with Crippen molar-refractivity contribution in [3.8, 4) is 11.5 Å². The van der Waals surface area contributed by atoms with Crippen molar-refractivity contribution in [2.45, 2.75) is 6.54 Å². The number of hydrogen-bond acceptors (Lipinski definition) is 3. The Bertz CT molecular complexity index is 485. The Morgan fingerprint density at radius 2 is 1.94 bits per heavy atom. The Morgan fingerprint density at radius 3 is 2.65 bits per heavy atom. The van der Waals surface area contributed by atoms with E-state index in [0.29, 0.717) is 18.0 Å². The third-order valence-electron chi connectivity index (χ3n) is 2.20. The summed E-state index contributed by atoms with van der Waals surface area (Å²) >= 11 is 0. The van der Waals surface area contributed by atoms with E-state index < -0.39 is 0 Å². The van der Waals surface area contributed by atoms with E-state index in [4.69, 9.17) is 4.74 Å². The number of rotatable bonds is 4. The third kappa shape index (κ3) is 3.26. The molecule has 0 fully saturated rings. The van der Waals surface area contributed by atoms with E-state index in [2.05, 4.69) is 10.3 Å². The van der Waals surface area contributed by atoms with E-state index in [1.54, 1.807) is 24.4 Å². The van der Waals surface area contributed by atoms with Crippen LogP contribution in [0.2, 0.25) is 0 Å². The zero-order chi connectivity index (χ0) is 12.1. The van der Waals surface area contributed by atoms with Gasteiger partial charge in [0.1, 0.15) is 17.3 Å². The highest BCUT2D eigenvalue weighted by atomic mass is 19.1. The van der Waals surface area contributed by atoms with E-state index in [1.807, 2.05) is 13.1 Å². The van der Waals surface area contributed by atoms with Crippen molar-refractivity contribution < 1.29 is 9.13 Å². The molecule has 88 valence electrons. The van der Waals surface area contributed by atoms with Crippen LogP contribution in [0.25, 0.3) is 0 Å². The summed E-state index contributed by atoms with van der Waals surface area (Å²) in [5.74, 6) is 1.02. The molecule has 0 amide bonds. The highest BCUT2D eigenvalue weighted by Crippen LogP contribution is 2.21. The van der Waals surface area contributed by atoms with Gasteiger partial charge in [-0.15, -0.1) is 0 Å². The SMILES string of the molecule is CNCc1cc(Oc2ccc(F)cc2)ccn1. The fourth-order valence-electron chi connectivity index (χ4n) is 1.44. The Balaban J connectivity index is 2.12. The molecule has 0 saturated carbocycles. The lowest BCUT2D eigenvalue weighted by molar-refractivity contribution is 0.478. The van der Waals surface area contributed by atoms with Crippen molar-refractivity contribution in [1.82, 2.24) is 10.3 Å². The first-order valence-electron chi connectivity index (χ1n) is 5.31. The number of benzene rings is 1. The minimum absolute atomic E-state index is 0.275. The lowest BCUT2D eigenvalue weighted by atomic mass is 10.3. The minimum Gasteiger partial charge on any atom is -0.457 e. The number of nitrogens with one attached hydrogen (secondary N) is 1. The summed E-state index contributed by atoms with van der Waals surface area (Å²) in [6.07, 6.45) is 1.69. The summed E-state index contributed by atoms with van der Waals surface area (Å²) in [5.41, 5.74) is 0.895. The van der Waals surface area contributed by atoms with Crippen molar-refractivity contribution >= 4 is 0 Å². The average Bonchev–Trinajstić information content (AvgIpc) is 2.33. The van der Waals surface area contributed by atoms with Gasteiger partial charge in [0.2, 0.25) is 0 Å². The van der Waals surface area contributed by atoms with E-state index in [0.717, 1.165) is 5.69 Å². The normalized spacial score (nSPS) is 10.2. The molecule has 0 radical (unpaired) electrons. The van der Waals surface area contributed by atoms with Gasteiger partial charge in [0.05, 0.1) is 5.69 Å². The number of ether oxygens (including phenoxy) is 1. The first-order valence-corrected chi connectivity index (χ1v) is 5.31. The van der Waals surface area contributed by atoms with Gasteiger partial charge in [-0.3, -0.25) is 4.98 Å². The smallest absolute Gasteiger partial charge is 0.130 e. The molecule has 1 heterocycles. The lowest BCUT2D eigenvalue weighted by Crippen LogP contribution is -2.06. The second-order valence-electron chi connectivity index (χ2n) is 3.57. The number of aromatic nitrogens is 1. The summed E-state index contributed by atoms with van der Waals surface area (Å²) in [7, 11) is 1.86. The monoisotopic (exact) mass is 232 g/mol. The molecule has 0 atom stereocenters. The largest absolute Gasteiger partial charge is 0.457 e. The Labute approximate surface area is 99.3 Å². The van der Waals surface area contributed by atoms with Gasteiger partial charge >= 0.3 is 0 Å². The fraction of sp³-hybridized carbons (Fsp3) is 0.154. The Morgan fingerprint density at radius 1 is 1.18 bits per heavy atom. The summed E-state index contributed by atoms with van der Waals surface area (Å²) in [6, 6.07) is 9.53. The molecule has 0 spiro atoms. The van der Waals surface area contributed by atoms with Gasteiger partial charge in [0.25, 0.3) is 0 Å². The van der Waals surface area contributed by atoms with Gasteiger partial charge in [-0.25, -0.2) is 4.39 Å². The molecule has 0 bridgehead atoms. The maximum Gasteiger partial charge on any atom is 0.130 e. The number of halogens is 1. The lowest BCUT2D eigenvalue weighted by Gasteiger charge is -2.06. The molecule has 4 heteroatoms. The fourth-order valence-corrected chi connectivity index (χ4v) is 1.44. The molecular formula is C13H13FN2O. The van der Waals surface area contributed by atoms with Crippen LogP contribution in [0.4, 0.5) is 4.39 Å². The summed E-state index contributed by atoms with van der Waals surface area (Å²) < 4.78 is 18.3. The van der Waals surface area contributed by atoms with Crippen LogP contribution in [-0.4, -0.2) is 12.0 Å². The van der Waals surface area contributed by atoms with E-state index in [1.165, 1.54) is 12.1 Å². The van der Waals surface area contributed by atoms with Crippen molar-refractivity contribution in [3.05, 3.63) is 54.1 Å². The molecule has 1 N–H and O–H groups in total. The molecule has 3 nitrogen and oxygen atoms in total. The topological polar surface area (TPSA) is 34.1 Å². The summed E-state index contributed by atoms with van der Waals surface area (Å²) in [4.78, 5) is 4.18.